The van der Waals surface area contributed by atoms with Gasteiger partial charge in [0.15, 0.2) is 0 Å². The Bertz CT molecular complexity index is 241. The summed E-state index contributed by atoms with van der Waals surface area (Å²) in [5.74, 6) is 0.785. The lowest BCUT2D eigenvalue weighted by atomic mass is 9.59. The summed E-state index contributed by atoms with van der Waals surface area (Å²) in [5.41, 5.74) is -0.855. The van der Waals surface area contributed by atoms with E-state index in [9.17, 15) is 10.2 Å². The third kappa shape index (κ3) is 2.38. The molecule has 2 rings (SSSR count). The van der Waals surface area contributed by atoms with Crippen molar-refractivity contribution in [2.75, 3.05) is 19.7 Å². The van der Waals surface area contributed by atoms with Gasteiger partial charge < -0.3 is 15.5 Å². The molecule has 0 bridgehead atoms. The van der Waals surface area contributed by atoms with Crippen LogP contribution in [0.1, 0.15) is 51.9 Å². The van der Waals surface area contributed by atoms with E-state index in [1.807, 2.05) is 0 Å². The average molecular weight is 241 g/mol. The Hall–Kier alpha value is -0.120. The van der Waals surface area contributed by atoms with Gasteiger partial charge in [0.25, 0.3) is 0 Å². The van der Waals surface area contributed by atoms with Crippen LogP contribution in [-0.2, 0) is 0 Å². The fourth-order valence-corrected chi connectivity index (χ4v) is 3.77. The molecule has 1 saturated heterocycles. The van der Waals surface area contributed by atoms with Gasteiger partial charge in [-0.3, -0.25) is 0 Å². The van der Waals surface area contributed by atoms with Gasteiger partial charge in [-0.25, -0.2) is 0 Å². The summed E-state index contributed by atoms with van der Waals surface area (Å²) in [6.45, 7) is 4.24. The lowest BCUT2D eigenvalue weighted by molar-refractivity contribution is -0.149. The van der Waals surface area contributed by atoms with Crippen molar-refractivity contribution in [2.45, 2.75) is 57.5 Å². The van der Waals surface area contributed by atoms with Gasteiger partial charge in [-0.15, -0.1) is 0 Å². The Morgan fingerprint density at radius 2 is 1.71 bits per heavy atom. The predicted molar refractivity (Wildman–Crippen MR) is 68.8 cm³/mol. The molecule has 1 aliphatic heterocycles. The third-order valence-corrected chi connectivity index (χ3v) is 5.36. The summed E-state index contributed by atoms with van der Waals surface area (Å²) in [6, 6.07) is 0. The number of aliphatic hydroxyl groups is 2. The molecule has 0 atom stereocenters. The van der Waals surface area contributed by atoms with Crippen LogP contribution in [0.5, 0.6) is 0 Å². The molecule has 0 radical (unpaired) electrons. The van der Waals surface area contributed by atoms with Crippen LogP contribution in [0.2, 0.25) is 0 Å². The van der Waals surface area contributed by atoms with E-state index < -0.39 is 5.60 Å². The molecule has 0 aromatic rings. The zero-order valence-electron chi connectivity index (χ0n) is 11.0. The van der Waals surface area contributed by atoms with Gasteiger partial charge in [0, 0.05) is 5.41 Å². The topological polar surface area (TPSA) is 52.5 Å². The van der Waals surface area contributed by atoms with E-state index in [1.165, 1.54) is 6.42 Å². The predicted octanol–water partition coefficient (Wildman–Crippen LogP) is 1.68. The SMILES string of the molecule is CCC1CCC(O)(C2(CO)CCNCC2)CC1. The van der Waals surface area contributed by atoms with Crippen molar-refractivity contribution in [2.24, 2.45) is 11.3 Å². The number of piperidine rings is 1. The lowest BCUT2D eigenvalue weighted by Crippen LogP contribution is -2.56. The van der Waals surface area contributed by atoms with Gasteiger partial charge in [0.2, 0.25) is 0 Å². The first-order valence-corrected chi connectivity index (χ1v) is 7.20. The van der Waals surface area contributed by atoms with Crippen molar-refractivity contribution in [1.82, 2.24) is 5.32 Å². The largest absolute Gasteiger partial charge is 0.396 e. The summed E-state index contributed by atoms with van der Waals surface area (Å²) < 4.78 is 0. The highest BCUT2D eigenvalue weighted by Crippen LogP contribution is 2.49. The van der Waals surface area contributed by atoms with Crippen LogP contribution in [0, 0.1) is 11.3 Å². The minimum Gasteiger partial charge on any atom is -0.396 e. The molecular formula is C14H27NO2. The maximum absolute atomic E-state index is 11.0. The van der Waals surface area contributed by atoms with E-state index in [0.717, 1.165) is 57.5 Å². The Morgan fingerprint density at radius 3 is 2.18 bits per heavy atom. The van der Waals surface area contributed by atoms with Gasteiger partial charge in [0.05, 0.1) is 12.2 Å². The van der Waals surface area contributed by atoms with E-state index in [1.54, 1.807) is 0 Å². The van der Waals surface area contributed by atoms with E-state index in [4.69, 9.17) is 0 Å². The molecular weight excluding hydrogens is 214 g/mol. The number of hydrogen-bond acceptors (Lipinski definition) is 3. The van der Waals surface area contributed by atoms with Crippen LogP contribution in [0.3, 0.4) is 0 Å². The Morgan fingerprint density at radius 1 is 1.12 bits per heavy atom. The summed E-state index contributed by atoms with van der Waals surface area (Å²) in [4.78, 5) is 0. The van der Waals surface area contributed by atoms with Gasteiger partial charge in [-0.1, -0.05) is 13.3 Å². The summed E-state index contributed by atoms with van der Waals surface area (Å²) in [5, 5.41) is 24.1. The van der Waals surface area contributed by atoms with Crippen LogP contribution < -0.4 is 5.32 Å². The van der Waals surface area contributed by atoms with Gasteiger partial charge in [-0.2, -0.15) is 0 Å². The van der Waals surface area contributed by atoms with Crippen LogP contribution in [-0.4, -0.2) is 35.5 Å². The quantitative estimate of drug-likeness (QED) is 0.704. The van der Waals surface area contributed by atoms with Crippen LogP contribution in [0.15, 0.2) is 0 Å². The molecule has 0 unspecified atom stereocenters. The maximum atomic E-state index is 11.0. The molecule has 0 spiro atoms. The summed E-state index contributed by atoms with van der Waals surface area (Å²) in [7, 11) is 0. The van der Waals surface area contributed by atoms with Crippen molar-refractivity contribution in [1.29, 1.82) is 0 Å². The number of nitrogens with one attached hydrogen (secondary N) is 1. The van der Waals surface area contributed by atoms with Crippen molar-refractivity contribution < 1.29 is 10.2 Å². The zero-order valence-corrected chi connectivity index (χ0v) is 11.0. The first-order valence-electron chi connectivity index (χ1n) is 7.20. The molecule has 3 heteroatoms. The first kappa shape index (κ1) is 13.3. The third-order valence-electron chi connectivity index (χ3n) is 5.36. The second-order valence-corrected chi connectivity index (χ2v) is 6.07. The first-order chi connectivity index (χ1) is 8.16. The highest BCUT2D eigenvalue weighted by atomic mass is 16.3. The monoisotopic (exact) mass is 241 g/mol. The fraction of sp³-hybridized carbons (Fsp3) is 1.00. The molecule has 100 valence electrons. The highest BCUT2D eigenvalue weighted by molar-refractivity contribution is 5.03. The molecule has 2 fully saturated rings. The molecule has 1 heterocycles. The smallest absolute Gasteiger partial charge is 0.0726 e. The Balaban J connectivity index is 2.08. The van der Waals surface area contributed by atoms with Crippen LogP contribution >= 0.6 is 0 Å². The lowest BCUT2D eigenvalue weighted by Gasteiger charge is -2.51. The van der Waals surface area contributed by atoms with E-state index >= 15 is 0 Å². The van der Waals surface area contributed by atoms with Crippen LogP contribution in [0.4, 0.5) is 0 Å². The standard InChI is InChI=1S/C14H27NO2/c1-2-12-3-5-14(17,6-4-12)13(11-16)7-9-15-10-8-13/h12,15-17H,2-11H2,1H3. The Kier molecular flexibility index (Phi) is 4.11. The summed E-state index contributed by atoms with van der Waals surface area (Å²) in [6.07, 6.45) is 7.07. The molecule has 0 amide bonds. The fourth-order valence-electron chi connectivity index (χ4n) is 3.77. The van der Waals surface area contributed by atoms with E-state index in [2.05, 4.69) is 12.2 Å². The molecule has 0 aromatic carbocycles. The van der Waals surface area contributed by atoms with Gasteiger partial charge in [0.1, 0.15) is 0 Å². The molecule has 3 nitrogen and oxygen atoms in total. The van der Waals surface area contributed by atoms with Crippen molar-refractivity contribution in [3.63, 3.8) is 0 Å². The zero-order chi connectivity index (χ0) is 12.4. The van der Waals surface area contributed by atoms with Crippen molar-refractivity contribution >= 4 is 0 Å². The minimum atomic E-state index is -0.616. The van der Waals surface area contributed by atoms with Crippen LogP contribution in [0.25, 0.3) is 0 Å². The molecule has 2 aliphatic rings. The Labute approximate surface area is 105 Å². The van der Waals surface area contributed by atoms with Gasteiger partial charge in [-0.05, 0) is 57.5 Å². The average Bonchev–Trinajstić information content (AvgIpc) is 2.40. The minimum absolute atomic E-state index is 0.141. The molecule has 3 N–H and O–H groups in total. The molecule has 17 heavy (non-hydrogen) atoms. The van der Waals surface area contributed by atoms with E-state index in [0.29, 0.717) is 0 Å². The number of aliphatic hydroxyl groups excluding tert-OH is 1. The van der Waals surface area contributed by atoms with E-state index in [-0.39, 0.29) is 12.0 Å². The normalized spacial score (nSPS) is 37.9. The second-order valence-electron chi connectivity index (χ2n) is 6.07. The number of rotatable bonds is 3. The molecule has 1 saturated carbocycles. The second kappa shape index (κ2) is 5.25. The molecule has 1 aliphatic carbocycles. The van der Waals surface area contributed by atoms with Gasteiger partial charge >= 0.3 is 0 Å². The van der Waals surface area contributed by atoms with Crippen molar-refractivity contribution in [3.8, 4) is 0 Å². The highest BCUT2D eigenvalue weighted by Gasteiger charge is 2.51. The maximum Gasteiger partial charge on any atom is 0.0726 e. The number of hydrogen-bond donors (Lipinski definition) is 3. The van der Waals surface area contributed by atoms with Crippen molar-refractivity contribution in [3.05, 3.63) is 0 Å². The molecule has 0 aromatic heterocycles. The summed E-state index contributed by atoms with van der Waals surface area (Å²) >= 11 is 0.